The number of amides is 2. The molecule has 3 aromatic carbocycles. The number of aliphatic carboxylic acids is 1. The predicted molar refractivity (Wildman–Crippen MR) is 154 cm³/mol. The lowest BCUT2D eigenvalue weighted by Gasteiger charge is -2.25. The van der Waals surface area contributed by atoms with Gasteiger partial charge in [-0.25, -0.2) is 4.98 Å². The molecular weight excluding hydrogens is 526 g/mol. The number of H-pyrrole nitrogens is 1. The van der Waals surface area contributed by atoms with Crippen LogP contribution in [0.15, 0.2) is 60.7 Å². The summed E-state index contributed by atoms with van der Waals surface area (Å²) >= 11 is 0. The molecule has 2 amide bonds. The van der Waals surface area contributed by atoms with Crippen LogP contribution in [0.3, 0.4) is 0 Å². The first-order chi connectivity index (χ1) is 19.8. The van der Waals surface area contributed by atoms with Crippen molar-refractivity contribution < 1.29 is 29.0 Å². The molecule has 11 nitrogen and oxygen atoms in total. The minimum absolute atomic E-state index is 0.115. The molecule has 11 heteroatoms. The second kappa shape index (κ2) is 12.0. The van der Waals surface area contributed by atoms with E-state index in [9.17, 15) is 19.5 Å². The molecule has 0 bridgehead atoms. The quantitative estimate of drug-likeness (QED) is 0.225. The van der Waals surface area contributed by atoms with Crippen molar-refractivity contribution in [2.75, 3.05) is 31.0 Å². The number of carbonyl (C=O) groups excluding carboxylic acids is 2. The minimum Gasteiger partial charge on any atom is -0.493 e. The monoisotopic (exact) mass is 557 g/mol. The second-order valence-electron chi connectivity index (χ2n) is 9.78. The van der Waals surface area contributed by atoms with Crippen molar-refractivity contribution >= 4 is 46.1 Å². The first kappa shape index (κ1) is 27.5. The van der Waals surface area contributed by atoms with Crippen LogP contribution in [0.4, 0.5) is 17.3 Å². The summed E-state index contributed by atoms with van der Waals surface area (Å²) < 4.78 is 10.8. The Bertz CT molecular complexity index is 1550. The Hall–Kier alpha value is -5.06. The summed E-state index contributed by atoms with van der Waals surface area (Å²) in [6, 6.07) is 18.7. The molecule has 0 aliphatic carbocycles. The number of hydrogen-bond acceptors (Lipinski definition) is 7. The topological polar surface area (TPSA) is 146 Å². The first-order valence-corrected chi connectivity index (χ1v) is 13.2. The number of carboxylic acids is 1. The summed E-state index contributed by atoms with van der Waals surface area (Å²) in [4.78, 5) is 46.8. The third kappa shape index (κ3) is 6.24. The highest BCUT2D eigenvalue weighted by Crippen LogP contribution is 2.43. The standard InChI is InChI=1S/C30H31N5O6/c1-40-25-14-21-19(13-29(38)39)9-12-28(37)35(24(21)15-26(25)41-2)17-27(36)31-16-18-7-10-20(11-8-18)32-30-33-22-5-3-4-6-23(22)34-30/h3-8,10-11,14-15,19H,9,12-13,16-17H2,1-2H3,(H,31,36)(H,38,39)(H2,32,33,34). The van der Waals surface area contributed by atoms with E-state index in [0.29, 0.717) is 35.1 Å². The minimum atomic E-state index is -0.965. The molecule has 41 heavy (non-hydrogen) atoms. The van der Waals surface area contributed by atoms with E-state index >= 15 is 0 Å². The highest BCUT2D eigenvalue weighted by atomic mass is 16.5. The number of imidazole rings is 1. The number of benzene rings is 3. The summed E-state index contributed by atoms with van der Waals surface area (Å²) in [7, 11) is 2.97. The van der Waals surface area contributed by atoms with E-state index in [0.717, 1.165) is 22.3 Å². The maximum Gasteiger partial charge on any atom is 0.303 e. The zero-order chi connectivity index (χ0) is 28.9. The fraction of sp³-hybridized carbons (Fsp3) is 0.267. The Kier molecular flexibility index (Phi) is 8.04. The van der Waals surface area contributed by atoms with Crippen molar-refractivity contribution in [2.24, 2.45) is 0 Å². The number of aromatic nitrogens is 2. The van der Waals surface area contributed by atoms with Crippen LogP contribution in [0, 0.1) is 0 Å². The number of aromatic amines is 1. The van der Waals surface area contributed by atoms with Crippen LogP contribution in [0.25, 0.3) is 11.0 Å². The van der Waals surface area contributed by atoms with Crippen LogP contribution in [0.2, 0.25) is 0 Å². The van der Waals surface area contributed by atoms with Crippen molar-refractivity contribution in [2.45, 2.75) is 31.7 Å². The molecule has 5 rings (SSSR count). The molecule has 4 aromatic rings. The molecule has 0 saturated heterocycles. The average Bonchev–Trinajstić information content (AvgIpc) is 3.34. The van der Waals surface area contributed by atoms with Gasteiger partial charge in [0.05, 0.1) is 37.4 Å². The molecule has 0 radical (unpaired) electrons. The largest absolute Gasteiger partial charge is 0.493 e. The summed E-state index contributed by atoms with van der Waals surface area (Å²) in [5.41, 5.74) is 4.61. The molecule has 1 unspecified atom stereocenters. The third-order valence-electron chi connectivity index (χ3n) is 7.09. The number of methoxy groups -OCH3 is 2. The van der Waals surface area contributed by atoms with Gasteiger partial charge in [0.25, 0.3) is 0 Å². The van der Waals surface area contributed by atoms with Gasteiger partial charge in [0.15, 0.2) is 11.5 Å². The lowest BCUT2D eigenvalue weighted by Crippen LogP contribution is -2.40. The number of ether oxygens (including phenoxy) is 2. The molecule has 0 spiro atoms. The van der Waals surface area contributed by atoms with Crippen molar-refractivity contribution in [1.29, 1.82) is 0 Å². The van der Waals surface area contributed by atoms with Crippen molar-refractivity contribution in [3.05, 3.63) is 71.8 Å². The molecule has 1 atom stereocenters. The fourth-order valence-electron chi connectivity index (χ4n) is 5.02. The number of fused-ring (bicyclic) bond motifs is 2. The maximum absolute atomic E-state index is 13.1. The maximum atomic E-state index is 13.1. The van der Waals surface area contributed by atoms with Gasteiger partial charge in [0, 0.05) is 24.7 Å². The summed E-state index contributed by atoms with van der Waals surface area (Å²) in [5.74, 6) is -0.535. The molecule has 1 aromatic heterocycles. The van der Waals surface area contributed by atoms with Crippen molar-refractivity contribution in [3.63, 3.8) is 0 Å². The second-order valence-corrected chi connectivity index (χ2v) is 9.78. The Morgan fingerprint density at radius 1 is 1.07 bits per heavy atom. The Labute approximate surface area is 236 Å². The molecule has 1 aliphatic rings. The number of para-hydroxylation sites is 2. The van der Waals surface area contributed by atoms with E-state index in [1.165, 1.54) is 19.1 Å². The predicted octanol–water partition coefficient (Wildman–Crippen LogP) is 4.33. The van der Waals surface area contributed by atoms with E-state index < -0.39 is 11.9 Å². The lowest BCUT2D eigenvalue weighted by molar-refractivity contribution is -0.137. The SMILES string of the molecule is COc1cc2c(cc1OC)N(CC(=O)NCc1ccc(Nc3nc4ccccc4[nH]3)cc1)C(=O)CCC2CC(=O)O. The molecule has 212 valence electrons. The van der Waals surface area contributed by atoms with Crippen LogP contribution in [-0.4, -0.2) is 53.6 Å². The van der Waals surface area contributed by atoms with E-state index in [4.69, 9.17) is 9.47 Å². The molecule has 0 saturated carbocycles. The van der Waals surface area contributed by atoms with Gasteiger partial charge in [-0.05, 0) is 53.8 Å². The van der Waals surface area contributed by atoms with Gasteiger partial charge in [0.2, 0.25) is 17.8 Å². The number of rotatable bonds is 10. The summed E-state index contributed by atoms with van der Waals surface area (Å²) in [6.45, 7) is 0.0546. The Morgan fingerprint density at radius 3 is 2.51 bits per heavy atom. The van der Waals surface area contributed by atoms with Gasteiger partial charge in [-0.3, -0.25) is 14.4 Å². The molecule has 0 fully saturated rings. The zero-order valence-corrected chi connectivity index (χ0v) is 22.8. The zero-order valence-electron chi connectivity index (χ0n) is 22.8. The van der Waals surface area contributed by atoms with Crippen molar-refractivity contribution in [1.82, 2.24) is 15.3 Å². The van der Waals surface area contributed by atoms with E-state index in [1.807, 2.05) is 48.5 Å². The van der Waals surface area contributed by atoms with E-state index in [-0.39, 0.29) is 37.7 Å². The van der Waals surface area contributed by atoms with Crippen LogP contribution in [-0.2, 0) is 20.9 Å². The van der Waals surface area contributed by atoms with Gasteiger partial charge in [0.1, 0.15) is 6.54 Å². The smallest absolute Gasteiger partial charge is 0.303 e. The average molecular weight is 558 g/mol. The van der Waals surface area contributed by atoms with Crippen molar-refractivity contribution in [3.8, 4) is 11.5 Å². The highest BCUT2D eigenvalue weighted by Gasteiger charge is 2.32. The van der Waals surface area contributed by atoms with Gasteiger partial charge >= 0.3 is 5.97 Å². The molecule has 1 aliphatic heterocycles. The number of nitrogens with one attached hydrogen (secondary N) is 3. The first-order valence-electron chi connectivity index (χ1n) is 13.2. The Morgan fingerprint density at radius 2 is 1.80 bits per heavy atom. The number of carbonyl (C=O) groups is 3. The summed E-state index contributed by atoms with van der Waals surface area (Å²) in [5, 5.41) is 15.6. The Balaban J connectivity index is 1.26. The molecule has 2 heterocycles. The van der Waals surface area contributed by atoms with Crippen LogP contribution in [0.5, 0.6) is 11.5 Å². The van der Waals surface area contributed by atoms with E-state index in [1.54, 1.807) is 12.1 Å². The van der Waals surface area contributed by atoms with Gasteiger partial charge in [-0.2, -0.15) is 0 Å². The lowest BCUT2D eigenvalue weighted by atomic mass is 9.90. The molecule has 4 N–H and O–H groups in total. The fourth-order valence-corrected chi connectivity index (χ4v) is 5.02. The number of carboxylic acid groups (broad SMARTS) is 1. The molecular formula is C30H31N5O6. The van der Waals surface area contributed by atoms with Gasteiger partial charge in [-0.15, -0.1) is 0 Å². The highest BCUT2D eigenvalue weighted by molar-refractivity contribution is 6.00. The third-order valence-corrected chi connectivity index (χ3v) is 7.09. The normalized spacial score (nSPS) is 14.7. The number of anilines is 3. The van der Waals surface area contributed by atoms with Crippen LogP contribution < -0.4 is 25.0 Å². The van der Waals surface area contributed by atoms with Crippen LogP contribution >= 0.6 is 0 Å². The van der Waals surface area contributed by atoms with Gasteiger partial charge in [-0.1, -0.05) is 24.3 Å². The van der Waals surface area contributed by atoms with Crippen LogP contribution in [0.1, 0.15) is 36.3 Å². The number of nitrogens with zero attached hydrogens (tertiary/aromatic N) is 2. The summed E-state index contributed by atoms with van der Waals surface area (Å²) in [6.07, 6.45) is 0.321. The van der Waals surface area contributed by atoms with Gasteiger partial charge < -0.3 is 35.1 Å². The van der Waals surface area contributed by atoms with E-state index in [2.05, 4.69) is 20.6 Å². The number of hydrogen-bond donors (Lipinski definition) is 4.